The molecule has 0 aliphatic heterocycles. The zero-order valence-electron chi connectivity index (χ0n) is 11.9. The summed E-state index contributed by atoms with van der Waals surface area (Å²) in [7, 11) is -4.24. The number of pyridine rings is 1. The summed E-state index contributed by atoms with van der Waals surface area (Å²) in [6.45, 7) is 0.332. The van der Waals surface area contributed by atoms with Crippen LogP contribution in [0.4, 0.5) is 8.78 Å². The lowest BCUT2D eigenvalue weighted by molar-refractivity contribution is 0.546. The van der Waals surface area contributed by atoms with Crippen LogP contribution < -0.4 is 5.73 Å². The highest BCUT2D eigenvalue weighted by Crippen LogP contribution is 2.26. The molecule has 0 saturated carbocycles. The number of fused-ring (bicyclic) bond motifs is 1. The zero-order valence-corrected chi connectivity index (χ0v) is 12.7. The summed E-state index contributed by atoms with van der Waals surface area (Å²) >= 11 is 0. The fourth-order valence-corrected chi connectivity index (χ4v) is 3.82. The number of benzene rings is 1. The monoisotopic (exact) mass is 337 g/mol. The van der Waals surface area contributed by atoms with Crippen LogP contribution in [0.1, 0.15) is 5.56 Å². The van der Waals surface area contributed by atoms with Gasteiger partial charge in [0, 0.05) is 23.8 Å². The van der Waals surface area contributed by atoms with E-state index in [1.165, 1.54) is 12.4 Å². The van der Waals surface area contributed by atoms with E-state index in [0.717, 1.165) is 16.1 Å². The van der Waals surface area contributed by atoms with E-state index in [4.69, 9.17) is 5.73 Å². The van der Waals surface area contributed by atoms with Crippen molar-refractivity contribution < 1.29 is 17.2 Å². The second-order valence-corrected chi connectivity index (χ2v) is 6.73. The first-order valence-corrected chi connectivity index (χ1v) is 8.25. The van der Waals surface area contributed by atoms with Gasteiger partial charge < -0.3 is 5.73 Å². The number of aromatic nitrogens is 2. The third kappa shape index (κ3) is 2.60. The van der Waals surface area contributed by atoms with Crippen molar-refractivity contribution in [1.29, 1.82) is 0 Å². The van der Waals surface area contributed by atoms with Gasteiger partial charge in [-0.2, -0.15) is 0 Å². The number of nitrogens with two attached hydrogens (primary N) is 1. The quantitative estimate of drug-likeness (QED) is 0.790. The molecule has 0 aliphatic rings. The molecule has 8 heteroatoms. The molecule has 0 radical (unpaired) electrons. The minimum atomic E-state index is -4.24. The van der Waals surface area contributed by atoms with Crippen molar-refractivity contribution in [3.05, 3.63) is 59.9 Å². The van der Waals surface area contributed by atoms with Gasteiger partial charge in [0.05, 0.1) is 0 Å². The SMILES string of the molecule is NCCc1cn(S(=O)(=O)c2ccc(F)cc2F)c2ncccc12. The van der Waals surface area contributed by atoms with E-state index in [-0.39, 0.29) is 5.65 Å². The van der Waals surface area contributed by atoms with Crippen LogP contribution in [0.5, 0.6) is 0 Å². The number of hydrogen-bond donors (Lipinski definition) is 1. The largest absolute Gasteiger partial charge is 0.330 e. The molecule has 3 aromatic rings. The lowest BCUT2D eigenvalue weighted by Crippen LogP contribution is -2.14. The summed E-state index contributed by atoms with van der Waals surface area (Å²) in [6, 6.07) is 5.73. The van der Waals surface area contributed by atoms with Gasteiger partial charge in [0.2, 0.25) is 0 Å². The number of rotatable bonds is 4. The molecule has 120 valence electrons. The Morgan fingerprint density at radius 2 is 2.00 bits per heavy atom. The topological polar surface area (TPSA) is 78.0 Å². The van der Waals surface area contributed by atoms with Gasteiger partial charge in [0.15, 0.2) is 5.65 Å². The van der Waals surface area contributed by atoms with Gasteiger partial charge in [-0.3, -0.25) is 0 Å². The van der Waals surface area contributed by atoms with Gasteiger partial charge in [-0.15, -0.1) is 0 Å². The molecule has 2 aromatic heterocycles. The molecular formula is C15H13F2N3O2S. The summed E-state index contributed by atoms with van der Waals surface area (Å²) in [5, 5.41) is 0.629. The molecule has 0 amide bonds. The zero-order chi connectivity index (χ0) is 16.6. The summed E-state index contributed by atoms with van der Waals surface area (Å²) < 4.78 is 53.3. The number of hydrogen-bond acceptors (Lipinski definition) is 4. The molecule has 0 unspecified atom stereocenters. The van der Waals surface area contributed by atoms with Gasteiger partial charge in [-0.25, -0.2) is 26.2 Å². The average molecular weight is 337 g/mol. The smallest absolute Gasteiger partial charge is 0.272 e. The van der Waals surface area contributed by atoms with Gasteiger partial charge >= 0.3 is 0 Å². The van der Waals surface area contributed by atoms with Crippen LogP contribution in [0.2, 0.25) is 0 Å². The van der Waals surface area contributed by atoms with Crippen molar-refractivity contribution in [1.82, 2.24) is 8.96 Å². The maximum Gasteiger partial charge on any atom is 0.272 e. The van der Waals surface area contributed by atoms with E-state index in [1.807, 2.05) is 0 Å². The van der Waals surface area contributed by atoms with E-state index in [9.17, 15) is 17.2 Å². The fraction of sp³-hybridized carbons (Fsp3) is 0.133. The standard InChI is InChI=1S/C15H13F2N3O2S/c16-11-3-4-14(13(17)8-11)23(21,22)20-9-10(5-6-18)12-2-1-7-19-15(12)20/h1-4,7-9H,5-6,18H2. The Balaban J connectivity index is 2.26. The molecule has 2 N–H and O–H groups in total. The molecule has 0 spiro atoms. The maximum absolute atomic E-state index is 13.9. The molecule has 23 heavy (non-hydrogen) atoms. The van der Waals surface area contributed by atoms with Crippen LogP contribution in [-0.4, -0.2) is 23.9 Å². The summed E-state index contributed by atoms with van der Waals surface area (Å²) in [6.07, 6.45) is 3.28. The normalized spacial score (nSPS) is 12.0. The van der Waals surface area contributed by atoms with Crippen molar-refractivity contribution in [2.45, 2.75) is 11.3 Å². The maximum atomic E-state index is 13.9. The molecule has 3 rings (SSSR count). The van der Waals surface area contributed by atoms with Gasteiger partial charge in [-0.05, 0) is 42.8 Å². The lowest BCUT2D eigenvalue weighted by atomic mass is 10.2. The number of halogens is 2. The Kier molecular flexibility index (Phi) is 3.87. The molecule has 5 nitrogen and oxygen atoms in total. The lowest BCUT2D eigenvalue weighted by Gasteiger charge is -2.07. The Morgan fingerprint density at radius 3 is 2.70 bits per heavy atom. The van der Waals surface area contributed by atoms with E-state index in [0.29, 0.717) is 30.0 Å². The van der Waals surface area contributed by atoms with Gasteiger partial charge in [0.25, 0.3) is 10.0 Å². The predicted octanol–water partition coefficient (Wildman–Crippen LogP) is 2.05. The second kappa shape index (κ2) is 5.71. The average Bonchev–Trinajstić information content (AvgIpc) is 2.87. The first kappa shape index (κ1) is 15.6. The van der Waals surface area contributed by atoms with Crippen LogP contribution in [0.25, 0.3) is 11.0 Å². The van der Waals surface area contributed by atoms with Gasteiger partial charge in [0.1, 0.15) is 16.5 Å². The fourth-order valence-electron chi connectivity index (χ4n) is 2.42. The van der Waals surface area contributed by atoms with E-state index >= 15 is 0 Å². The van der Waals surface area contributed by atoms with Crippen LogP contribution >= 0.6 is 0 Å². The first-order valence-electron chi connectivity index (χ1n) is 6.81. The van der Waals surface area contributed by atoms with Crippen molar-refractivity contribution >= 4 is 21.1 Å². The minimum Gasteiger partial charge on any atom is -0.330 e. The van der Waals surface area contributed by atoms with E-state index in [2.05, 4.69) is 4.98 Å². The molecule has 2 heterocycles. The van der Waals surface area contributed by atoms with Crippen LogP contribution in [0.3, 0.4) is 0 Å². The highest BCUT2D eigenvalue weighted by molar-refractivity contribution is 7.90. The Morgan fingerprint density at radius 1 is 1.22 bits per heavy atom. The van der Waals surface area contributed by atoms with Crippen molar-refractivity contribution in [3.8, 4) is 0 Å². The molecule has 0 aliphatic carbocycles. The summed E-state index contributed by atoms with van der Waals surface area (Å²) in [5.74, 6) is -2.00. The van der Waals surface area contributed by atoms with Crippen LogP contribution in [-0.2, 0) is 16.4 Å². The van der Waals surface area contributed by atoms with Crippen molar-refractivity contribution in [2.24, 2.45) is 5.73 Å². The van der Waals surface area contributed by atoms with Crippen molar-refractivity contribution in [2.75, 3.05) is 6.54 Å². The molecule has 0 fully saturated rings. The highest BCUT2D eigenvalue weighted by atomic mass is 32.2. The first-order chi connectivity index (χ1) is 10.9. The van der Waals surface area contributed by atoms with Crippen molar-refractivity contribution in [3.63, 3.8) is 0 Å². The Hall–Kier alpha value is -2.32. The van der Waals surface area contributed by atoms with Crippen LogP contribution in [0.15, 0.2) is 47.6 Å². The Bertz CT molecular complexity index is 984. The molecule has 0 atom stereocenters. The molecule has 0 saturated heterocycles. The number of nitrogens with zero attached hydrogens (tertiary/aromatic N) is 2. The molecule has 1 aromatic carbocycles. The molecular weight excluding hydrogens is 324 g/mol. The third-order valence-corrected chi connectivity index (χ3v) is 5.14. The third-order valence-electron chi connectivity index (χ3n) is 3.46. The van der Waals surface area contributed by atoms with Crippen LogP contribution in [0, 0.1) is 11.6 Å². The highest BCUT2D eigenvalue weighted by Gasteiger charge is 2.25. The summed E-state index contributed by atoms with van der Waals surface area (Å²) in [5.41, 5.74) is 6.42. The van der Waals surface area contributed by atoms with E-state index in [1.54, 1.807) is 12.1 Å². The van der Waals surface area contributed by atoms with E-state index < -0.39 is 26.6 Å². The second-order valence-electron chi connectivity index (χ2n) is 4.94. The van der Waals surface area contributed by atoms with Gasteiger partial charge in [-0.1, -0.05) is 0 Å². The molecule has 0 bridgehead atoms. The Labute approximate surface area is 131 Å². The minimum absolute atomic E-state index is 0.180. The summed E-state index contributed by atoms with van der Waals surface area (Å²) in [4.78, 5) is 3.46. The predicted molar refractivity (Wildman–Crippen MR) is 81.4 cm³/mol.